The van der Waals surface area contributed by atoms with E-state index < -0.39 is 0 Å². The fraction of sp³-hybridized carbons (Fsp3) is 0.562. The molecule has 1 aliphatic rings. The third kappa shape index (κ3) is 3.66. The molecule has 1 saturated carbocycles. The molecule has 1 aromatic rings. The van der Waals surface area contributed by atoms with E-state index in [-0.39, 0.29) is 5.91 Å². The van der Waals surface area contributed by atoms with E-state index in [1.807, 2.05) is 6.07 Å². The van der Waals surface area contributed by atoms with Gasteiger partial charge in [0, 0.05) is 30.8 Å². The summed E-state index contributed by atoms with van der Waals surface area (Å²) in [6, 6.07) is 5.87. The molecule has 2 rings (SSSR count). The molecule has 2 unspecified atom stereocenters. The fourth-order valence-corrected chi connectivity index (χ4v) is 3.02. The Labute approximate surface area is 126 Å². The Hall–Kier alpha value is -1.22. The van der Waals surface area contributed by atoms with Gasteiger partial charge in [0.25, 0.3) is 5.91 Å². The molecule has 0 saturated heterocycles. The van der Waals surface area contributed by atoms with Crippen molar-refractivity contribution in [3.05, 3.63) is 28.8 Å². The van der Waals surface area contributed by atoms with Gasteiger partial charge in [0.2, 0.25) is 0 Å². The Bertz CT molecular complexity index is 487. The number of halogens is 1. The van der Waals surface area contributed by atoms with Gasteiger partial charge in [0.05, 0.1) is 5.56 Å². The summed E-state index contributed by atoms with van der Waals surface area (Å²) in [6.07, 6.45) is 4.86. The lowest BCUT2D eigenvalue weighted by Crippen LogP contribution is -2.28. The molecule has 1 amide bonds. The molecule has 0 aliphatic heterocycles. The van der Waals surface area contributed by atoms with Crippen molar-refractivity contribution < 1.29 is 4.79 Å². The Kier molecular flexibility index (Phi) is 4.92. The Morgan fingerprint density at radius 3 is 2.75 bits per heavy atom. The third-order valence-electron chi connectivity index (χ3n) is 3.91. The van der Waals surface area contributed by atoms with Gasteiger partial charge < -0.3 is 10.2 Å². The minimum Gasteiger partial charge on any atom is -0.382 e. The number of amides is 1. The molecular formula is C16H23ClN2O. The van der Waals surface area contributed by atoms with Crippen molar-refractivity contribution in [1.29, 1.82) is 0 Å². The summed E-state index contributed by atoms with van der Waals surface area (Å²) >= 11 is 6.08. The summed E-state index contributed by atoms with van der Waals surface area (Å²) in [7, 11) is 3.53. The first-order valence-corrected chi connectivity index (χ1v) is 7.63. The first-order chi connectivity index (χ1) is 9.47. The van der Waals surface area contributed by atoms with Crippen LogP contribution in [0.1, 0.15) is 43.0 Å². The van der Waals surface area contributed by atoms with E-state index in [0.717, 1.165) is 24.4 Å². The second kappa shape index (κ2) is 6.49. The van der Waals surface area contributed by atoms with Crippen LogP contribution in [0, 0.1) is 5.92 Å². The molecule has 0 radical (unpaired) electrons. The van der Waals surface area contributed by atoms with E-state index in [4.69, 9.17) is 11.6 Å². The van der Waals surface area contributed by atoms with Gasteiger partial charge >= 0.3 is 0 Å². The van der Waals surface area contributed by atoms with Crippen LogP contribution in [-0.4, -0.2) is 30.9 Å². The molecule has 3 nitrogen and oxygen atoms in total. The van der Waals surface area contributed by atoms with Gasteiger partial charge in [-0.05, 0) is 37.0 Å². The predicted molar refractivity (Wildman–Crippen MR) is 84.5 cm³/mol. The molecule has 1 aromatic carbocycles. The van der Waals surface area contributed by atoms with Crippen LogP contribution >= 0.6 is 11.6 Å². The number of carbonyl (C=O) groups is 1. The monoisotopic (exact) mass is 294 g/mol. The zero-order chi connectivity index (χ0) is 14.7. The van der Waals surface area contributed by atoms with Crippen molar-refractivity contribution in [2.45, 2.75) is 38.6 Å². The van der Waals surface area contributed by atoms with Crippen LogP contribution in [0.5, 0.6) is 0 Å². The summed E-state index contributed by atoms with van der Waals surface area (Å²) in [4.78, 5) is 13.8. The highest BCUT2D eigenvalue weighted by Gasteiger charge is 2.21. The molecule has 0 heterocycles. The van der Waals surface area contributed by atoms with Crippen LogP contribution in [0.3, 0.4) is 0 Å². The average molecular weight is 295 g/mol. The minimum absolute atomic E-state index is 0.00743. The first kappa shape index (κ1) is 15.2. The highest BCUT2D eigenvalue weighted by Crippen LogP contribution is 2.29. The molecule has 20 heavy (non-hydrogen) atoms. The van der Waals surface area contributed by atoms with Crippen molar-refractivity contribution in [3.8, 4) is 0 Å². The molecule has 0 bridgehead atoms. The lowest BCUT2D eigenvalue weighted by atomic mass is 9.87. The Balaban J connectivity index is 2.21. The van der Waals surface area contributed by atoms with Crippen LogP contribution in [0.15, 0.2) is 18.2 Å². The van der Waals surface area contributed by atoms with Crippen LogP contribution < -0.4 is 5.32 Å². The molecule has 4 heteroatoms. The maximum Gasteiger partial charge on any atom is 0.255 e. The van der Waals surface area contributed by atoms with Gasteiger partial charge in [-0.15, -0.1) is 0 Å². The molecule has 2 atom stereocenters. The van der Waals surface area contributed by atoms with Gasteiger partial charge in [-0.1, -0.05) is 31.4 Å². The van der Waals surface area contributed by atoms with Crippen molar-refractivity contribution in [3.63, 3.8) is 0 Å². The lowest BCUT2D eigenvalue weighted by molar-refractivity contribution is 0.0828. The number of nitrogens with one attached hydrogen (secondary N) is 1. The van der Waals surface area contributed by atoms with Crippen molar-refractivity contribution in [1.82, 2.24) is 4.90 Å². The second-order valence-corrected chi connectivity index (χ2v) is 6.44. The zero-order valence-corrected chi connectivity index (χ0v) is 13.2. The van der Waals surface area contributed by atoms with Gasteiger partial charge in [-0.2, -0.15) is 0 Å². The summed E-state index contributed by atoms with van der Waals surface area (Å²) in [5.41, 5.74) is 1.55. The van der Waals surface area contributed by atoms with Gasteiger partial charge in [-0.25, -0.2) is 0 Å². The van der Waals surface area contributed by atoms with Crippen LogP contribution in [0.25, 0.3) is 0 Å². The van der Waals surface area contributed by atoms with E-state index >= 15 is 0 Å². The zero-order valence-electron chi connectivity index (χ0n) is 12.4. The van der Waals surface area contributed by atoms with Crippen LogP contribution in [0.2, 0.25) is 5.02 Å². The smallest absolute Gasteiger partial charge is 0.255 e. The van der Waals surface area contributed by atoms with Crippen molar-refractivity contribution in [2.75, 3.05) is 19.4 Å². The largest absolute Gasteiger partial charge is 0.382 e. The van der Waals surface area contributed by atoms with Gasteiger partial charge in [0.15, 0.2) is 0 Å². The standard InChI is InChI=1S/C16H23ClN2O/c1-11-5-4-6-13(9-11)18-15-10-12(17)7-8-14(15)16(20)19(2)3/h7-8,10-11,13,18H,4-6,9H2,1-3H3. The maximum atomic E-state index is 12.2. The average Bonchev–Trinajstić information content (AvgIpc) is 2.38. The van der Waals surface area contributed by atoms with E-state index in [1.165, 1.54) is 12.8 Å². The molecule has 1 aliphatic carbocycles. The van der Waals surface area contributed by atoms with Crippen LogP contribution in [-0.2, 0) is 0 Å². The fourth-order valence-electron chi connectivity index (χ4n) is 2.85. The molecule has 1 N–H and O–H groups in total. The molecule has 110 valence electrons. The first-order valence-electron chi connectivity index (χ1n) is 7.25. The summed E-state index contributed by atoms with van der Waals surface area (Å²) in [6.45, 7) is 2.29. The molecule has 1 fully saturated rings. The molecule has 0 aromatic heterocycles. The lowest BCUT2D eigenvalue weighted by Gasteiger charge is -2.29. The highest BCUT2D eigenvalue weighted by molar-refractivity contribution is 6.31. The molecule has 0 spiro atoms. The van der Waals surface area contributed by atoms with Crippen molar-refractivity contribution >= 4 is 23.2 Å². The maximum absolute atomic E-state index is 12.2. The highest BCUT2D eigenvalue weighted by atomic mass is 35.5. The van der Waals surface area contributed by atoms with Crippen molar-refractivity contribution in [2.24, 2.45) is 5.92 Å². The van der Waals surface area contributed by atoms with E-state index in [0.29, 0.717) is 16.6 Å². The quantitative estimate of drug-likeness (QED) is 0.913. The number of rotatable bonds is 3. The minimum atomic E-state index is 0.00743. The number of carbonyl (C=O) groups excluding carboxylic acids is 1. The number of hydrogen-bond acceptors (Lipinski definition) is 2. The Morgan fingerprint density at radius 2 is 2.10 bits per heavy atom. The van der Waals surface area contributed by atoms with E-state index in [1.54, 1.807) is 31.1 Å². The number of nitrogens with zero attached hydrogens (tertiary/aromatic N) is 1. The normalized spacial score (nSPS) is 22.4. The summed E-state index contributed by atoms with van der Waals surface area (Å²) < 4.78 is 0. The Morgan fingerprint density at radius 1 is 1.35 bits per heavy atom. The van der Waals surface area contributed by atoms with Gasteiger partial charge in [0.1, 0.15) is 0 Å². The van der Waals surface area contributed by atoms with E-state index in [2.05, 4.69) is 12.2 Å². The number of benzene rings is 1. The second-order valence-electron chi connectivity index (χ2n) is 6.00. The summed E-state index contributed by atoms with van der Waals surface area (Å²) in [5.74, 6) is 0.751. The van der Waals surface area contributed by atoms with Crippen LogP contribution in [0.4, 0.5) is 5.69 Å². The van der Waals surface area contributed by atoms with Gasteiger partial charge in [-0.3, -0.25) is 4.79 Å². The number of anilines is 1. The molecular weight excluding hydrogens is 272 g/mol. The number of hydrogen-bond donors (Lipinski definition) is 1. The predicted octanol–water partition coefficient (Wildman–Crippen LogP) is 4.03. The SMILES string of the molecule is CC1CCCC(Nc2cc(Cl)ccc2C(=O)N(C)C)C1. The summed E-state index contributed by atoms with van der Waals surface area (Å²) in [5, 5.41) is 4.18. The topological polar surface area (TPSA) is 32.3 Å². The van der Waals surface area contributed by atoms with E-state index in [9.17, 15) is 4.79 Å². The third-order valence-corrected chi connectivity index (χ3v) is 4.15.